The molecule has 0 bridgehead atoms. The molecule has 1 aromatic carbocycles. The van der Waals surface area contributed by atoms with Crippen LogP contribution in [-0.2, 0) is 4.79 Å². The highest BCUT2D eigenvalue weighted by Gasteiger charge is 2.04. The van der Waals surface area contributed by atoms with Gasteiger partial charge in [-0.15, -0.1) is 11.8 Å². The first-order chi connectivity index (χ1) is 6.63. The standard InChI is InChI=1S/C9H11ClN2OS/c1-12-9(13)5-14-8-4-6(10)2-3-7(8)11/h2-4H,5,11H2,1H3,(H,12,13). The molecule has 5 heteroatoms. The van der Waals surface area contributed by atoms with Gasteiger partial charge >= 0.3 is 0 Å². The zero-order chi connectivity index (χ0) is 10.6. The van der Waals surface area contributed by atoms with Gasteiger partial charge in [-0.3, -0.25) is 4.79 Å². The van der Waals surface area contributed by atoms with Gasteiger partial charge in [0, 0.05) is 22.7 Å². The van der Waals surface area contributed by atoms with E-state index in [1.165, 1.54) is 11.8 Å². The van der Waals surface area contributed by atoms with Crippen LogP contribution in [0.3, 0.4) is 0 Å². The molecule has 0 unspecified atom stereocenters. The van der Waals surface area contributed by atoms with Crippen molar-refractivity contribution in [2.45, 2.75) is 4.90 Å². The number of nitrogen functional groups attached to an aromatic ring is 1. The molecular formula is C9H11ClN2OS. The third-order valence-electron chi connectivity index (χ3n) is 1.61. The summed E-state index contributed by atoms with van der Waals surface area (Å²) in [5.74, 6) is 0.315. The number of amides is 1. The van der Waals surface area contributed by atoms with E-state index in [9.17, 15) is 4.79 Å². The number of hydrogen-bond acceptors (Lipinski definition) is 3. The van der Waals surface area contributed by atoms with Gasteiger partial charge in [-0.25, -0.2) is 0 Å². The fourth-order valence-electron chi connectivity index (χ4n) is 0.849. The second-order valence-electron chi connectivity index (χ2n) is 2.64. The number of nitrogens with one attached hydrogen (secondary N) is 1. The minimum absolute atomic E-state index is 0.0330. The van der Waals surface area contributed by atoms with Crippen molar-refractivity contribution in [2.75, 3.05) is 18.5 Å². The Hall–Kier alpha value is -0.870. The molecule has 3 N–H and O–H groups in total. The molecule has 14 heavy (non-hydrogen) atoms. The monoisotopic (exact) mass is 230 g/mol. The quantitative estimate of drug-likeness (QED) is 0.615. The second-order valence-corrected chi connectivity index (χ2v) is 4.10. The average molecular weight is 231 g/mol. The molecule has 0 aliphatic carbocycles. The van der Waals surface area contributed by atoms with Crippen LogP contribution in [0.2, 0.25) is 5.02 Å². The van der Waals surface area contributed by atoms with Crippen LogP contribution < -0.4 is 11.1 Å². The predicted octanol–water partition coefficient (Wildman–Crippen LogP) is 1.76. The van der Waals surface area contributed by atoms with Crippen LogP contribution in [0, 0.1) is 0 Å². The molecule has 0 aromatic heterocycles. The number of rotatable bonds is 3. The summed E-state index contributed by atoms with van der Waals surface area (Å²) in [6.45, 7) is 0. The molecule has 1 aromatic rings. The van der Waals surface area contributed by atoms with Crippen LogP contribution >= 0.6 is 23.4 Å². The molecule has 0 saturated heterocycles. The third-order valence-corrected chi connectivity index (χ3v) is 2.92. The van der Waals surface area contributed by atoms with Crippen LogP contribution in [0.4, 0.5) is 5.69 Å². The summed E-state index contributed by atoms with van der Waals surface area (Å²) in [4.78, 5) is 11.8. The van der Waals surface area contributed by atoms with Gasteiger partial charge in [0.2, 0.25) is 5.91 Å². The Morgan fingerprint density at radius 1 is 1.64 bits per heavy atom. The van der Waals surface area contributed by atoms with Crippen LogP contribution in [0.25, 0.3) is 0 Å². The molecule has 1 rings (SSSR count). The van der Waals surface area contributed by atoms with Crippen molar-refractivity contribution in [3.05, 3.63) is 23.2 Å². The van der Waals surface area contributed by atoms with Gasteiger partial charge < -0.3 is 11.1 Å². The van der Waals surface area contributed by atoms with E-state index in [1.807, 2.05) is 0 Å². The SMILES string of the molecule is CNC(=O)CSc1cc(Cl)ccc1N. The minimum Gasteiger partial charge on any atom is -0.398 e. The molecule has 1 amide bonds. The van der Waals surface area contributed by atoms with E-state index in [4.69, 9.17) is 17.3 Å². The number of anilines is 1. The summed E-state index contributed by atoms with van der Waals surface area (Å²) in [6, 6.07) is 5.21. The molecule has 0 saturated carbocycles. The van der Waals surface area contributed by atoms with Gasteiger partial charge in [0.1, 0.15) is 0 Å². The van der Waals surface area contributed by atoms with Gasteiger partial charge in [0.25, 0.3) is 0 Å². The number of hydrogen-bond donors (Lipinski definition) is 2. The van der Waals surface area contributed by atoms with Gasteiger partial charge in [-0.05, 0) is 18.2 Å². The maximum Gasteiger partial charge on any atom is 0.230 e. The third kappa shape index (κ3) is 3.12. The largest absolute Gasteiger partial charge is 0.398 e. The van der Waals surface area contributed by atoms with E-state index in [1.54, 1.807) is 25.2 Å². The molecule has 3 nitrogen and oxygen atoms in total. The number of thioether (sulfide) groups is 1. The molecule has 0 aliphatic heterocycles. The topological polar surface area (TPSA) is 55.1 Å². The van der Waals surface area contributed by atoms with Crippen molar-refractivity contribution in [3.63, 3.8) is 0 Å². The van der Waals surface area contributed by atoms with Crippen LogP contribution in [0.5, 0.6) is 0 Å². The van der Waals surface area contributed by atoms with Crippen molar-refractivity contribution >= 4 is 35.0 Å². The first-order valence-electron chi connectivity index (χ1n) is 4.02. The zero-order valence-electron chi connectivity index (χ0n) is 7.71. The highest BCUT2D eigenvalue weighted by Crippen LogP contribution is 2.27. The van der Waals surface area contributed by atoms with E-state index in [-0.39, 0.29) is 5.91 Å². The summed E-state index contributed by atoms with van der Waals surface area (Å²) in [6.07, 6.45) is 0. The highest BCUT2D eigenvalue weighted by molar-refractivity contribution is 8.00. The molecule has 0 spiro atoms. The second kappa shape index (κ2) is 5.12. The summed E-state index contributed by atoms with van der Waals surface area (Å²) in [5.41, 5.74) is 6.35. The van der Waals surface area contributed by atoms with Gasteiger partial charge in [0.05, 0.1) is 5.75 Å². The number of nitrogens with two attached hydrogens (primary N) is 1. The van der Waals surface area contributed by atoms with Crippen LogP contribution in [0.15, 0.2) is 23.1 Å². The van der Waals surface area contributed by atoms with Crippen molar-refractivity contribution in [2.24, 2.45) is 0 Å². The molecule has 0 fully saturated rings. The Morgan fingerprint density at radius 3 is 3.00 bits per heavy atom. The van der Waals surface area contributed by atoms with E-state index in [0.29, 0.717) is 16.5 Å². The molecule has 0 atom stereocenters. The van der Waals surface area contributed by atoms with Crippen molar-refractivity contribution in [3.8, 4) is 0 Å². The maximum absolute atomic E-state index is 11.0. The minimum atomic E-state index is -0.0330. The molecular weight excluding hydrogens is 220 g/mol. The summed E-state index contributed by atoms with van der Waals surface area (Å²) < 4.78 is 0. The first kappa shape index (κ1) is 11.2. The number of carbonyl (C=O) groups is 1. The molecule has 0 radical (unpaired) electrons. The van der Waals surface area contributed by atoms with Crippen molar-refractivity contribution in [1.29, 1.82) is 0 Å². The van der Waals surface area contributed by atoms with Crippen molar-refractivity contribution in [1.82, 2.24) is 5.32 Å². The Morgan fingerprint density at radius 2 is 2.36 bits per heavy atom. The Kier molecular flexibility index (Phi) is 4.10. The normalized spacial score (nSPS) is 9.86. The van der Waals surface area contributed by atoms with Crippen LogP contribution in [0.1, 0.15) is 0 Å². The summed E-state index contributed by atoms with van der Waals surface area (Å²) in [7, 11) is 1.60. The fourth-order valence-corrected chi connectivity index (χ4v) is 1.96. The number of halogens is 1. The van der Waals surface area contributed by atoms with Gasteiger partial charge in [-0.2, -0.15) is 0 Å². The number of benzene rings is 1. The first-order valence-corrected chi connectivity index (χ1v) is 5.38. The zero-order valence-corrected chi connectivity index (χ0v) is 9.28. The van der Waals surface area contributed by atoms with E-state index >= 15 is 0 Å². The average Bonchev–Trinajstić information content (AvgIpc) is 2.19. The molecule has 0 heterocycles. The maximum atomic E-state index is 11.0. The van der Waals surface area contributed by atoms with E-state index < -0.39 is 0 Å². The molecule has 76 valence electrons. The number of carbonyl (C=O) groups excluding carboxylic acids is 1. The smallest absolute Gasteiger partial charge is 0.230 e. The Bertz CT molecular complexity index is 344. The van der Waals surface area contributed by atoms with Crippen LogP contribution in [-0.4, -0.2) is 18.7 Å². The lowest BCUT2D eigenvalue weighted by Crippen LogP contribution is -2.19. The highest BCUT2D eigenvalue weighted by atomic mass is 35.5. The Balaban J connectivity index is 2.66. The van der Waals surface area contributed by atoms with E-state index in [2.05, 4.69) is 5.32 Å². The lowest BCUT2D eigenvalue weighted by molar-refractivity contribution is -0.118. The van der Waals surface area contributed by atoms with Gasteiger partial charge in [0.15, 0.2) is 0 Å². The fraction of sp³-hybridized carbons (Fsp3) is 0.222. The lowest BCUT2D eigenvalue weighted by Gasteiger charge is -2.04. The predicted molar refractivity (Wildman–Crippen MR) is 60.7 cm³/mol. The molecule has 0 aliphatic rings. The lowest BCUT2D eigenvalue weighted by atomic mass is 10.3. The van der Waals surface area contributed by atoms with Crippen molar-refractivity contribution < 1.29 is 4.79 Å². The van der Waals surface area contributed by atoms with E-state index in [0.717, 1.165) is 4.90 Å². The Labute approximate surface area is 92.0 Å². The summed E-state index contributed by atoms with van der Waals surface area (Å²) >= 11 is 7.17. The van der Waals surface area contributed by atoms with Gasteiger partial charge in [-0.1, -0.05) is 11.6 Å². The summed E-state index contributed by atoms with van der Waals surface area (Å²) in [5, 5.41) is 3.16.